The summed E-state index contributed by atoms with van der Waals surface area (Å²) in [6, 6.07) is 10.6. The fourth-order valence-electron chi connectivity index (χ4n) is 2.42. The Balaban J connectivity index is 1.55. The predicted molar refractivity (Wildman–Crippen MR) is 103 cm³/mol. The summed E-state index contributed by atoms with van der Waals surface area (Å²) < 4.78 is 24.1. The van der Waals surface area contributed by atoms with E-state index in [1.54, 1.807) is 30.3 Å². The average Bonchev–Trinajstić information content (AvgIpc) is 3.48. The monoisotopic (exact) mass is 387 g/mol. The van der Waals surface area contributed by atoms with E-state index in [4.69, 9.17) is 9.47 Å². The van der Waals surface area contributed by atoms with Crippen LogP contribution in [0.2, 0.25) is 0 Å². The fraction of sp³-hybridized carbons (Fsp3) is 0.300. The lowest BCUT2D eigenvalue weighted by Gasteiger charge is -2.10. The van der Waals surface area contributed by atoms with Crippen LogP contribution in [-0.2, 0) is 4.74 Å². The highest BCUT2D eigenvalue weighted by Gasteiger charge is 2.23. The van der Waals surface area contributed by atoms with Gasteiger partial charge in [-0.3, -0.25) is 4.79 Å². The Kier molecular flexibility index (Phi) is 6.44. The van der Waals surface area contributed by atoms with Gasteiger partial charge in [0, 0.05) is 36.2 Å². The smallest absolute Gasteiger partial charge is 0.319 e. The zero-order valence-electron chi connectivity index (χ0n) is 15.5. The van der Waals surface area contributed by atoms with Gasteiger partial charge in [-0.05, 0) is 49.2 Å². The molecule has 0 heterocycles. The summed E-state index contributed by atoms with van der Waals surface area (Å²) in [5, 5.41) is 8.15. The molecule has 3 amide bonds. The standard InChI is InChI=1S/C20H22FN3O4/c1-27-10-11-28-18-9-8-16(12-17(18)21)22-19(25)13-2-4-14(5-3-13)23-20(26)24-15-6-7-15/h2-5,8-9,12,15H,6-7,10-11H2,1H3,(H,22,25)(H2,23,24,26). The molecule has 1 saturated carbocycles. The second-order valence-corrected chi connectivity index (χ2v) is 6.39. The minimum atomic E-state index is -0.574. The topological polar surface area (TPSA) is 88.7 Å². The van der Waals surface area contributed by atoms with Crippen molar-refractivity contribution in [1.82, 2.24) is 5.32 Å². The quantitative estimate of drug-likeness (QED) is 0.606. The van der Waals surface area contributed by atoms with Crippen LogP contribution in [-0.4, -0.2) is 38.3 Å². The van der Waals surface area contributed by atoms with Gasteiger partial charge in [-0.15, -0.1) is 0 Å². The lowest BCUT2D eigenvalue weighted by molar-refractivity contribution is 0.102. The van der Waals surface area contributed by atoms with Crippen LogP contribution in [0.15, 0.2) is 42.5 Å². The van der Waals surface area contributed by atoms with Gasteiger partial charge in [0.25, 0.3) is 5.91 Å². The van der Waals surface area contributed by atoms with Crippen LogP contribution in [0.1, 0.15) is 23.2 Å². The van der Waals surface area contributed by atoms with E-state index >= 15 is 0 Å². The van der Waals surface area contributed by atoms with E-state index in [0.717, 1.165) is 12.8 Å². The van der Waals surface area contributed by atoms with Gasteiger partial charge in [-0.2, -0.15) is 0 Å². The van der Waals surface area contributed by atoms with Gasteiger partial charge in [0.2, 0.25) is 0 Å². The van der Waals surface area contributed by atoms with Crippen LogP contribution in [0.3, 0.4) is 0 Å². The molecule has 7 nitrogen and oxygen atoms in total. The Bertz CT molecular complexity index is 838. The number of hydrogen-bond acceptors (Lipinski definition) is 4. The molecule has 0 aromatic heterocycles. The average molecular weight is 387 g/mol. The van der Waals surface area contributed by atoms with E-state index < -0.39 is 5.82 Å². The normalized spacial score (nSPS) is 12.9. The molecule has 2 aromatic rings. The molecule has 1 aliphatic rings. The summed E-state index contributed by atoms with van der Waals surface area (Å²) in [6.07, 6.45) is 2.01. The third-order valence-electron chi connectivity index (χ3n) is 4.05. The van der Waals surface area contributed by atoms with Gasteiger partial charge in [-0.1, -0.05) is 0 Å². The number of ether oxygens (including phenoxy) is 2. The molecule has 8 heteroatoms. The van der Waals surface area contributed by atoms with Gasteiger partial charge in [0.05, 0.1) is 6.61 Å². The molecule has 0 bridgehead atoms. The Morgan fingerprint density at radius 1 is 1.04 bits per heavy atom. The van der Waals surface area contributed by atoms with Crippen molar-refractivity contribution < 1.29 is 23.5 Å². The van der Waals surface area contributed by atoms with Crippen molar-refractivity contribution in [2.45, 2.75) is 18.9 Å². The maximum absolute atomic E-state index is 14.0. The number of carbonyl (C=O) groups is 2. The number of amides is 3. The van der Waals surface area contributed by atoms with Crippen LogP contribution < -0.4 is 20.7 Å². The zero-order chi connectivity index (χ0) is 19.9. The molecular formula is C20H22FN3O4. The van der Waals surface area contributed by atoms with Gasteiger partial charge in [-0.25, -0.2) is 9.18 Å². The summed E-state index contributed by atoms with van der Waals surface area (Å²) in [5.74, 6) is -0.869. The molecule has 148 valence electrons. The number of carbonyl (C=O) groups excluding carboxylic acids is 2. The van der Waals surface area contributed by atoms with Crippen molar-refractivity contribution in [3.05, 3.63) is 53.8 Å². The molecule has 28 heavy (non-hydrogen) atoms. The molecule has 0 atom stereocenters. The van der Waals surface area contributed by atoms with E-state index in [1.807, 2.05) is 0 Å². The highest BCUT2D eigenvalue weighted by Crippen LogP contribution is 2.22. The lowest BCUT2D eigenvalue weighted by atomic mass is 10.2. The van der Waals surface area contributed by atoms with E-state index in [0.29, 0.717) is 23.5 Å². The Morgan fingerprint density at radius 2 is 1.75 bits per heavy atom. The van der Waals surface area contributed by atoms with E-state index in [1.165, 1.54) is 19.2 Å². The number of rotatable bonds is 8. The number of halogens is 1. The van der Waals surface area contributed by atoms with Crippen molar-refractivity contribution in [3.8, 4) is 5.75 Å². The third-order valence-corrected chi connectivity index (χ3v) is 4.05. The minimum Gasteiger partial charge on any atom is -0.488 e. The van der Waals surface area contributed by atoms with Crippen LogP contribution in [0.25, 0.3) is 0 Å². The number of hydrogen-bond donors (Lipinski definition) is 3. The van der Waals surface area contributed by atoms with Crippen molar-refractivity contribution in [3.63, 3.8) is 0 Å². The van der Waals surface area contributed by atoms with E-state index in [-0.39, 0.29) is 30.3 Å². The molecular weight excluding hydrogens is 365 g/mol. The first-order valence-electron chi connectivity index (χ1n) is 8.95. The fourth-order valence-corrected chi connectivity index (χ4v) is 2.42. The third kappa shape index (κ3) is 5.68. The number of urea groups is 1. The van der Waals surface area contributed by atoms with E-state index in [2.05, 4.69) is 16.0 Å². The zero-order valence-corrected chi connectivity index (χ0v) is 15.5. The summed E-state index contributed by atoms with van der Waals surface area (Å²) in [6.45, 7) is 0.587. The maximum atomic E-state index is 14.0. The Hall–Kier alpha value is -3.13. The van der Waals surface area contributed by atoms with Crippen molar-refractivity contribution in [2.24, 2.45) is 0 Å². The molecule has 1 aliphatic carbocycles. The Labute approximate surface area is 162 Å². The largest absolute Gasteiger partial charge is 0.488 e. The second-order valence-electron chi connectivity index (χ2n) is 6.39. The first-order chi connectivity index (χ1) is 13.5. The summed E-state index contributed by atoms with van der Waals surface area (Å²) >= 11 is 0. The molecule has 0 spiro atoms. The predicted octanol–water partition coefficient (Wildman–Crippen LogP) is 3.39. The van der Waals surface area contributed by atoms with Gasteiger partial charge in [0.1, 0.15) is 6.61 Å². The molecule has 2 aromatic carbocycles. The molecule has 0 radical (unpaired) electrons. The molecule has 0 saturated heterocycles. The summed E-state index contributed by atoms with van der Waals surface area (Å²) in [5.41, 5.74) is 1.28. The van der Waals surface area contributed by atoms with Crippen molar-refractivity contribution in [2.75, 3.05) is 31.0 Å². The number of methoxy groups -OCH3 is 1. The van der Waals surface area contributed by atoms with Crippen molar-refractivity contribution in [1.29, 1.82) is 0 Å². The summed E-state index contributed by atoms with van der Waals surface area (Å²) in [4.78, 5) is 24.0. The second kappa shape index (κ2) is 9.18. The molecule has 1 fully saturated rings. The number of anilines is 2. The van der Waals surface area contributed by atoms with Gasteiger partial charge >= 0.3 is 6.03 Å². The highest BCUT2D eigenvalue weighted by molar-refractivity contribution is 6.04. The van der Waals surface area contributed by atoms with Crippen LogP contribution >= 0.6 is 0 Å². The van der Waals surface area contributed by atoms with Gasteiger partial charge in [0.15, 0.2) is 11.6 Å². The molecule has 0 aliphatic heterocycles. The summed E-state index contributed by atoms with van der Waals surface area (Å²) in [7, 11) is 1.53. The van der Waals surface area contributed by atoms with Crippen LogP contribution in [0, 0.1) is 5.82 Å². The molecule has 0 unspecified atom stereocenters. The first kappa shape index (κ1) is 19.6. The highest BCUT2D eigenvalue weighted by atomic mass is 19.1. The first-order valence-corrected chi connectivity index (χ1v) is 8.95. The lowest BCUT2D eigenvalue weighted by Crippen LogP contribution is -2.30. The van der Waals surface area contributed by atoms with Gasteiger partial charge < -0.3 is 25.4 Å². The minimum absolute atomic E-state index is 0.0925. The van der Waals surface area contributed by atoms with E-state index in [9.17, 15) is 14.0 Å². The SMILES string of the molecule is COCCOc1ccc(NC(=O)c2ccc(NC(=O)NC3CC3)cc2)cc1F. The number of benzene rings is 2. The Morgan fingerprint density at radius 3 is 2.39 bits per heavy atom. The maximum Gasteiger partial charge on any atom is 0.319 e. The molecule has 3 N–H and O–H groups in total. The molecule has 3 rings (SSSR count). The number of nitrogens with one attached hydrogen (secondary N) is 3. The van der Waals surface area contributed by atoms with Crippen molar-refractivity contribution >= 4 is 23.3 Å². The van der Waals surface area contributed by atoms with Crippen LogP contribution in [0.5, 0.6) is 5.75 Å². The van der Waals surface area contributed by atoms with Crippen LogP contribution in [0.4, 0.5) is 20.6 Å².